The van der Waals surface area contributed by atoms with Crippen LogP contribution in [0.3, 0.4) is 0 Å². The Labute approximate surface area is 108 Å². The van der Waals surface area contributed by atoms with Gasteiger partial charge in [0, 0.05) is 29.9 Å². The SMILES string of the molecule is NNc1cc(NCC2(CO)CCCCC2)ccn1. The minimum Gasteiger partial charge on any atom is -0.396 e. The van der Waals surface area contributed by atoms with Crippen LogP contribution < -0.4 is 16.6 Å². The third-order valence-corrected chi connectivity index (χ3v) is 3.82. The van der Waals surface area contributed by atoms with Gasteiger partial charge in [-0.1, -0.05) is 19.3 Å². The van der Waals surface area contributed by atoms with Crippen molar-refractivity contribution in [2.24, 2.45) is 11.3 Å². The van der Waals surface area contributed by atoms with E-state index in [4.69, 9.17) is 5.84 Å². The predicted octanol–water partition coefficient (Wildman–Crippen LogP) is 1.72. The van der Waals surface area contributed by atoms with Crippen molar-refractivity contribution in [2.75, 3.05) is 23.9 Å². The molecule has 0 spiro atoms. The third kappa shape index (κ3) is 3.11. The van der Waals surface area contributed by atoms with E-state index in [0.29, 0.717) is 5.82 Å². The predicted molar refractivity (Wildman–Crippen MR) is 73.1 cm³/mol. The lowest BCUT2D eigenvalue weighted by Gasteiger charge is -2.36. The topological polar surface area (TPSA) is 83.2 Å². The van der Waals surface area contributed by atoms with Gasteiger partial charge in [0.05, 0.1) is 6.61 Å². The highest BCUT2D eigenvalue weighted by Gasteiger charge is 2.31. The van der Waals surface area contributed by atoms with Gasteiger partial charge in [-0.15, -0.1) is 0 Å². The minimum atomic E-state index is 0.0395. The molecule has 5 N–H and O–H groups in total. The number of pyridine rings is 1. The van der Waals surface area contributed by atoms with Gasteiger partial charge in [0.25, 0.3) is 0 Å². The smallest absolute Gasteiger partial charge is 0.141 e. The van der Waals surface area contributed by atoms with Gasteiger partial charge in [-0.05, 0) is 18.9 Å². The van der Waals surface area contributed by atoms with Gasteiger partial charge >= 0.3 is 0 Å². The maximum absolute atomic E-state index is 9.64. The summed E-state index contributed by atoms with van der Waals surface area (Å²) in [5.41, 5.74) is 3.55. The monoisotopic (exact) mass is 250 g/mol. The van der Waals surface area contributed by atoms with Crippen LogP contribution >= 0.6 is 0 Å². The molecule has 18 heavy (non-hydrogen) atoms. The molecule has 1 aliphatic rings. The van der Waals surface area contributed by atoms with Gasteiger partial charge < -0.3 is 15.8 Å². The quantitative estimate of drug-likeness (QED) is 0.472. The molecule has 2 rings (SSSR count). The molecule has 5 nitrogen and oxygen atoms in total. The molecule has 0 saturated heterocycles. The van der Waals surface area contributed by atoms with Crippen LogP contribution in [0, 0.1) is 5.41 Å². The highest BCUT2D eigenvalue weighted by atomic mass is 16.3. The van der Waals surface area contributed by atoms with E-state index < -0.39 is 0 Å². The summed E-state index contributed by atoms with van der Waals surface area (Å²) in [6.07, 6.45) is 7.64. The standard InChI is InChI=1S/C13H22N4O/c14-17-12-8-11(4-7-15-12)16-9-13(10-18)5-2-1-3-6-13/h4,7-8,18H,1-3,5-6,9-10,14H2,(H2,15,16,17). The lowest BCUT2D eigenvalue weighted by molar-refractivity contribution is 0.0944. The number of aromatic nitrogens is 1. The Hall–Kier alpha value is -1.33. The molecule has 0 atom stereocenters. The number of nitrogens with two attached hydrogens (primary N) is 1. The molecule has 1 heterocycles. The first-order valence-electron chi connectivity index (χ1n) is 6.55. The maximum Gasteiger partial charge on any atom is 0.141 e. The number of rotatable bonds is 5. The zero-order valence-corrected chi connectivity index (χ0v) is 10.7. The summed E-state index contributed by atoms with van der Waals surface area (Å²) in [5.74, 6) is 5.97. The second-order valence-corrected chi connectivity index (χ2v) is 5.15. The summed E-state index contributed by atoms with van der Waals surface area (Å²) in [5, 5.41) is 13.0. The number of hydrogen-bond acceptors (Lipinski definition) is 5. The molecule has 1 aromatic heterocycles. The van der Waals surface area contributed by atoms with Crippen molar-refractivity contribution in [1.82, 2.24) is 4.98 Å². The van der Waals surface area contributed by atoms with Gasteiger partial charge in [0.1, 0.15) is 5.82 Å². The van der Waals surface area contributed by atoms with E-state index in [1.165, 1.54) is 19.3 Å². The number of nitrogens with zero attached hydrogens (tertiary/aromatic N) is 1. The van der Waals surface area contributed by atoms with Gasteiger partial charge in [-0.2, -0.15) is 0 Å². The first-order chi connectivity index (χ1) is 8.78. The molecule has 0 aromatic carbocycles. The molecule has 0 amide bonds. The van der Waals surface area contributed by atoms with Crippen LogP contribution in [0.25, 0.3) is 0 Å². The van der Waals surface area contributed by atoms with Crippen molar-refractivity contribution in [1.29, 1.82) is 0 Å². The molecular formula is C13H22N4O. The fourth-order valence-electron chi connectivity index (χ4n) is 2.60. The van der Waals surface area contributed by atoms with Crippen molar-refractivity contribution in [3.8, 4) is 0 Å². The van der Waals surface area contributed by atoms with E-state index in [0.717, 1.165) is 25.1 Å². The molecule has 0 bridgehead atoms. The Morgan fingerprint density at radius 1 is 1.33 bits per heavy atom. The summed E-state index contributed by atoms with van der Waals surface area (Å²) in [6, 6.07) is 3.78. The van der Waals surface area contributed by atoms with Crippen molar-refractivity contribution in [3.63, 3.8) is 0 Å². The van der Waals surface area contributed by atoms with E-state index in [-0.39, 0.29) is 12.0 Å². The molecule has 1 fully saturated rings. The molecule has 100 valence electrons. The fraction of sp³-hybridized carbons (Fsp3) is 0.615. The Bertz CT molecular complexity index is 377. The largest absolute Gasteiger partial charge is 0.396 e. The zero-order valence-electron chi connectivity index (χ0n) is 10.7. The Morgan fingerprint density at radius 2 is 2.11 bits per heavy atom. The van der Waals surface area contributed by atoms with Crippen molar-refractivity contribution < 1.29 is 5.11 Å². The number of aliphatic hydroxyl groups excluding tert-OH is 1. The van der Waals surface area contributed by atoms with Crippen LogP contribution in [0.4, 0.5) is 11.5 Å². The van der Waals surface area contributed by atoms with Crippen LogP contribution in [0.2, 0.25) is 0 Å². The summed E-state index contributed by atoms with van der Waals surface area (Å²) in [4.78, 5) is 4.06. The van der Waals surface area contributed by atoms with Crippen LogP contribution in [0.5, 0.6) is 0 Å². The molecule has 1 saturated carbocycles. The van der Waals surface area contributed by atoms with E-state index >= 15 is 0 Å². The summed E-state index contributed by atoms with van der Waals surface area (Å²) in [6.45, 7) is 1.06. The third-order valence-electron chi connectivity index (χ3n) is 3.82. The van der Waals surface area contributed by atoms with Crippen molar-refractivity contribution >= 4 is 11.5 Å². The first kappa shape index (κ1) is 13.1. The molecule has 1 aromatic rings. The zero-order chi connectivity index (χ0) is 12.8. The van der Waals surface area contributed by atoms with Gasteiger partial charge in [0.15, 0.2) is 0 Å². The average molecular weight is 250 g/mol. The highest BCUT2D eigenvalue weighted by Crippen LogP contribution is 2.36. The first-order valence-corrected chi connectivity index (χ1v) is 6.55. The van der Waals surface area contributed by atoms with Crippen LogP contribution in [-0.2, 0) is 0 Å². The van der Waals surface area contributed by atoms with E-state index in [1.807, 2.05) is 12.1 Å². The fourth-order valence-corrected chi connectivity index (χ4v) is 2.60. The van der Waals surface area contributed by atoms with Crippen LogP contribution in [0.15, 0.2) is 18.3 Å². The van der Waals surface area contributed by atoms with Crippen LogP contribution in [-0.4, -0.2) is 23.2 Å². The Kier molecular flexibility index (Phi) is 4.38. The molecular weight excluding hydrogens is 228 g/mol. The van der Waals surface area contributed by atoms with Gasteiger partial charge in [0.2, 0.25) is 0 Å². The maximum atomic E-state index is 9.64. The molecule has 0 unspecified atom stereocenters. The van der Waals surface area contributed by atoms with E-state index in [9.17, 15) is 5.11 Å². The lowest BCUT2D eigenvalue weighted by Crippen LogP contribution is -2.35. The lowest BCUT2D eigenvalue weighted by atomic mass is 9.74. The second kappa shape index (κ2) is 6.02. The number of anilines is 2. The highest BCUT2D eigenvalue weighted by molar-refractivity contribution is 5.51. The van der Waals surface area contributed by atoms with E-state index in [2.05, 4.69) is 15.7 Å². The summed E-state index contributed by atoms with van der Waals surface area (Å²) >= 11 is 0. The number of hydrogen-bond donors (Lipinski definition) is 4. The average Bonchev–Trinajstić information content (AvgIpc) is 2.46. The summed E-state index contributed by atoms with van der Waals surface area (Å²) in [7, 11) is 0. The van der Waals surface area contributed by atoms with Crippen LogP contribution in [0.1, 0.15) is 32.1 Å². The van der Waals surface area contributed by atoms with Gasteiger partial charge in [-0.3, -0.25) is 0 Å². The van der Waals surface area contributed by atoms with Gasteiger partial charge in [-0.25, -0.2) is 10.8 Å². The molecule has 0 radical (unpaired) electrons. The Morgan fingerprint density at radius 3 is 2.78 bits per heavy atom. The second-order valence-electron chi connectivity index (χ2n) is 5.15. The number of hydrazine groups is 1. The van der Waals surface area contributed by atoms with Crippen molar-refractivity contribution in [3.05, 3.63) is 18.3 Å². The van der Waals surface area contributed by atoms with Crippen molar-refractivity contribution in [2.45, 2.75) is 32.1 Å². The summed E-state index contributed by atoms with van der Waals surface area (Å²) < 4.78 is 0. The number of aliphatic hydroxyl groups is 1. The normalized spacial score (nSPS) is 18.3. The number of nitrogens with one attached hydrogen (secondary N) is 2. The minimum absolute atomic E-state index is 0.0395. The molecule has 5 heteroatoms. The molecule has 1 aliphatic carbocycles. The van der Waals surface area contributed by atoms with E-state index in [1.54, 1.807) is 6.20 Å². The number of nitrogen functional groups attached to an aromatic ring is 1. The molecule has 0 aliphatic heterocycles. The Balaban J connectivity index is 1.96.